The molecule has 0 saturated carbocycles. The van der Waals surface area contributed by atoms with Crippen LogP contribution >= 0.6 is 0 Å². The van der Waals surface area contributed by atoms with Crippen LogP contribution in [0, 0.1) is 17.2 Å². The molecular formula is C25H26N4O4. The fourth-order valence-electron chi connectivity index (χ4n) is 4.22. The number of oxazole rings is 1. The van der Waals surface area contributed by atoms with Crippen LogP contribution in [0.25, 0.3) is 22.6 Å². The zero-order valence-electron chi connectivity index (χ0n) is 18.6. The van der Waals surface area contributed by atoms with Crippen LogP contribution in [0.15, 0.2) is 40.8 Å². The van der Waals surface area contributed by atoms with Crippen LogP contribution in [0.5, 0.6) is 0 Å². The topological polar surface area (TPSA) is 128 Å². The third-order valence-corrected chi connectivity index (χ3v) is 6.07. The van der Waals surface area contributed by atoms with Crippen molar-refractivity contribution in [3.05, 3.63) is 53.1 Å². The van der Waals surface area contributed by atoms with Gasteiger partial charge in [0.15, 0.2) is 5.58 Å². The van der Waals surface area contributed by atoms with Crippen LogP contribution in [0.3, 0.4) is 0 Å². The molecule has 33 heavy (non-hydrogen) atoms. The summed E-state index contributed by atoms with van der Waals surface area (Å²) >= 11 is 0. The van der Waals surface area contributed by atoms with E-state index in [1.165, 1.54) is 0 Å². The van der Waals surface area contributed by atoms with E-state index in [2.05, 4.69) is 21.7 Å². The molecular weight excluding hydrogens is 420 g/mol. The molecule has 2 aromatic carbocycles. The van der Waals surface area contributed by atoms with E-state index in [4.69, 9.17) is 4.42 Å². The highest BCUT2D eigenvalue weighted by atomic mass is 16.4. The Bertz CT molecular complexity index is 1220. The minimum atomic E-state index is -1.02. The van der Waals surface area contributed by atoms with E-state index in [1.807, 2.05) is 19.9 Å². The molecule has 1 aliphatic heterocycles. The number of carbonyl (C=O) groups excluding carboxylic acids is 1. The number of carbonyl (C=O) groups is 2. The van der Waals surface area contributed by atoms with Gasteiger partial charge in [0.2, 0.25) is 5.89 Å². The number of benzene rings is 2. The average molecular weight is 447 g/mol. The maximum atomic E-state index is 12.7. The van der Waals surface area contributed by atoms with Gasteiger partial charge in [0.25, 0.3) is 5.91 Å². The molecule has 0 radical (unpaired) electrons. The second kappa shape index (κ2) is 9.43. The molecule has 1 amide bonds. The van der Waals surface area contributed by atoms with E-state index >= 15 is 0 Å². The van der Waals surface area contributed by atoms with E-state index in [1.54, 1.807) is 30.3 Å². The standard InChI is InChI=1S/C25H26N4O4/c1-14(2)19-11-15(13-26)12-20-22(19)33-24(28-20)18-5-3-17(4-6-18)23(30)29-21(25(31)32)16-7-9-27-10-8-16/h3-6,11-12,14,16,21,27H,7-10H2,1-2H3,(H,29,30)(H,31,32). The van der Waals surface area contributed by atoms with Crippen LogP contribution in [0.1, 0.15) is 54.1 Å². The summed E-state index contributed by atoms with van der Waals surface area (Å²) < 4.78 is 6.02. The second-order valence-electron chi connectivity index (χ2n) is 8.65. The first-order valence-electron chi connectivity index (χ1n) is 11.1. The second-order valence-corrected chi connectivity index (χ2v) is 8.65. The SMILES string of the molecule is CC(C)c1cc(C#N)cc2nc(-c3ccc(C(=O)NC(C(=O)O)C4CCNCC4)cc3)oc12. The summed E-state index contributed by atoms with van der Waals surface area (Å²) in [6, 6.07) is 11.5. The lowest BCUT2D eigenvalue weighted by Gasteiger charge is -2.28. The number of carboxylic acids is 1. The molecule has 4 rings (SSSR count). The van der Waals surface area contributed by atoms with E-state index < -0.39 is 17.9 Å². The maximum absolute atomic E-state index is 12.7. The van der Waals surface area contributed by atoms with E-state index in [9.17, 15) is 20.0 Å². The zero-order valence-corrected chi connectivity index (χ0v) is 18.6. The predicted octanol–water partition coefficient (Wildman–Crippen LogP) is 3.67. The number of nitriles is 1. The lowest BCUT2D eigenvalue weighted by Crippen LogP contribution is -2.48. The molecule has 1 fully saturated rings. The molecule has 170 valence electrons. The van der Waals surface area contributed by atoms with Gasteiger partial charge < -0.3 is 20.2 Å². The van der Waals surface area contributed by atoms with Crippen LogP contribution in [-0.2, 0) is 4.79 Å². The van der Waals surface area contributed by atoms with Crippen molar-refractivity contribution < 1.29 is 19.1 Å². The van der Waals surface area contributed by atoms with Gasteiger partial charge in [-0.05, 0) is 74.2 Å². The fourth-order valence-corrected chi connectivity index (χ4v) is 4.22. The Morgan fingerprint density at radius 3 is 2.52 bits per heavy atom. The van der Waals surface area contributed by atoms with E-state index in [-0.39, 0.29) is 11.8 Å². The maximum Gasteiger partial charge on any atom is 0.326 e. The van der Waals surface area contributed by atoms with Crippen molar-refractivity contribution in [2.24, 2.45) is 5.92 Å². The number of hydrogen-bond donors (Lipinski definition) is 3. The van der Waals surface area contributed by atoms with Gasteiger partial charge in [-0.25, -0.2) is 9.78 Å². The summed E-state index contributed by atoms with van der Waals surface area (Å²) in [5, 5.41) is 24.8. The van der Waals surface area contributed by atoms with Crippen LogP contribution < -0.4 is 10.6 Å². The number of aliphatic carboxylic acids is 1. The Labute approximate surface area is 191 Å². The predicted molar refractivity (Wildman–Crippen MR) is 123 cm³/mol. The number of amides is 1. The number of piperidine rings is 1. The van der Waals surface area contributed by atoms with Crippen LogP contribution in [0.4, 0.5) is 0 Å². The summed E-state index contributed by atoms with van der Waals surface area (Å²) in [4.78, 5) is 29.0. The van der Waals surface area contributed by atoms with Gasteiger partial charge in [0, 0.05) is 16.7 Å². The number of aromatic nitrogens is 1. The molecule has 3 aromatic rings. The molecule has 1 aliphatic rings. The third kappa shape index (κ3) is 4.73. The smallest absolute Gasteiger partial charge is 0.326 e. The number of rotatable bonds is 6. The Kier molecular flexibility index (Phi) is 6.43. The Hall–Kier alpha value is -3.70. The minimum absolute atomic E-state index is 0.0971. The highest BCUT2D eigenvalue weighted by Gasteiger charge is 2.31. The Morgan fingerprint density at radius 2 is 1.91 bits per heavy atom. The molecule has 2 heterocycles. The Balaban J connectivity index is 1.56. The van der Waals surface area contributed by atoms with Crippen molar-refractivity contribution in [3.63, 3.8) is 0 Å². The number of nitrogens with one attached hydrogen (secondary N) is 2. The van der Waals surface area contributed by atoms with Crippen molar-refractivity contribution in [1.82, 2.24) is 15.6 Å². The zero-order chi connectivity index (χ0) is 23.5. The lowest BCUT2D eigenvalue weighted by molar-refractivity contribution is -0.141. The van der Waals surface area contributed by atoms with Gasteiger partial charge in [0.05, 0.1) is 11.6 Å². The quantitative estimate of drug-likeness (QED) is 0.527. The molecule has 1 atom stereocenters. The van der Waals surface area contributed by atoms with Crippen molar-refractivity contribution in [2.45, 2.75) is 38.6 Å². The van der Waals surface area contributed by atoms with Crippen molar-refractivity contribution in [3.8, 4) is 17.5 Å². The molecule has 1 aromatic heterocycles. The van der Waals surface area contributed by atoms with E-state index in [0.29, 0.717) is 46.5 Å². The van der Waals surface area contributed by atoms with Gasteiger partial charge in [-0.1, -0.05) is 13.8 Å². The first kappa shape index (κ1) is 22.5. The van der Waals surface area contributed by atoms with Gasteiger partial charge in [-0.3, -0.25) is 4.79 Å². The number of carboxylic acid groups (broad SMARTS) is 1. The van der Waals surface area contributed by atoms with Crippen molar-refractivity contribution in [1.29, 1.82) is 5.26 Å². The summed E-state index contributed by atoms with van der Waals surface area (Å²) in [5.41, 5.74) is 3.75. The number of fused-ring (bicyclic) bond motifs is 1. The van der Waals surface area contributed by atoms with Gasteiger partial charge in [0.1, 0.15) is 11.6 Å². The van der Waals surface area contributed by atoms with Crippen LogP contribution in [-0.4, -0.2) is 41.1 Å². The van der Waals surface area contributed by atoms with Gasteiger partial charge in [-0.2, -0.15) is 5.26 Å². The molecule has 8 heteroatoms. The third-order valence-electron chi connectivity index (χ3n) is 6.07. The van der Waals surface area contributed by atoms with Crippen LogP contribution in [0.2, 0.25) is 0 Å². The minimum Gasteiger partial charge on any atom is -0.480 e. The van der Waals surface area contributed by atoms with Crippen molar-refractivity contribution in [2.75, 3.05) is 13.1 Å². The van der Waals surface area contributed by atoms with Gasteiger partial charge in [-0.15, -0.1) is 0 Å². The highest BCUT2D eigenvalue weighted by molar-refractivity contribution is 5.97. The largest absolute Gasteiger partial charge is 0.480 e. The molecule has 8 nitrogen and oxygen atoms in total. The first-order chi connectivity index (χ1) is 15.9. The fraction of sp³-hybridized carbons (Fsp3) is 0.360. The molecule has 3 N–H and O–H groups in total. The summed E-state index contributed by atoms with van der Waals surface area (Å²) in [6.45, 7) is 5.55. The molecule has 0 aliphatic carbocycles. The molecule has 0 spiro atoms. The van der Waals surface area contributed by atoms with Crippen molar-refractivity contribution >= 4 is 23.0 Å². The normalized spacial score (nSPS) is 15.3. The molecule has 1 unspecified atom stereocenters. The lowest BCUT2D eigenvalue weighted by atomic mass is 9.90. The molecule has 1 saturated heterocycles. The van der Waals surface area contributed by atoms with Gasteiger partial charge >= 0.3 is 5.97 Å². The summed E-state index contributed by atoms with van der Waals surface area (Å²) in [6.07, 6.45) is 1.42. The molecule has 0 bridgehead atoms. The average Bonchev–Trinajstić information content (AvgIpc) is 3.26. The number of hydrogen-bond acceptors (Lipinski definition) is 6. The van der Waals surface area contributed by atoms with E-state index in [0.717, 1.165) is 18.7 Å². The number of nitrogens with zero attached hydrogens (tertiary/aromatic N) is 2. The monoisotopic (exact) mass is 446 g/mol. The highest BCUT2D eigenvalue weighted by Crippen LogP contribution is 2.31. The Morgan fingerprint density at radius 1 is 1.21 bits per heavy atom. The first-order valence-corrected chi connectivity index (χ1v) is 11.1. The summed E-state index contributed by atoms with van der Waals surface area (Å²) in [7, 11) is 0. The summed E-state index contributed by atoms with van der Waals surface area (Å²) in [5.74, 6) is -0.983.